The van der Waals surface area contributed by atoms with Crippen molar-refractivity contribution >= 4 is 41.3 Å². The van der Waals surface area contributed by atoms with Crippen LogP contribution in [0.15, 0.2) is 35.5 Å². The maximum absolute atomic E-state index is 4.37. The molecule has 0 atom stereocenters. The Morgan fingerprint density at radius 3 is 2.40 bits per heavy atom. The van der Waals surface area contributed by atoms with E-state index in [1.54, 1.807) is 18.4 Å². The molecule has 0 amide bonds. The molecule has 1 aromatic carbocycles. The Bertz CT molecular complexity index is 677. The minimum Gasteiger partial charge on any atom is -0.356 e. The molecule has 0 bridgehead atoms. The lowest BCUT2D eigenvalue weighted by Gasteiger charge is -2.27. The van der Waals surface area contributed by atoms with Crippen molar-refractivity contribution in [2.24, 2.45) is 4.99 Å². The van der Waals surface area contributed by atoms with Gasteiger partial charge in [0.1, 0.15) is 5.01 Å². The third-order valence-corrected chi connectivity index (χ3v) is 5.05. The van der Waals surface area contributed by atoms with Gasteiger partial charge in [-0.3, -0.25) is 4.99 Å². The predicted molar refractivity (Wildman–Crippen MR) is 119 cm³/mol. The van der Waals surface area contributed by atoms with Crippen molar-refractivity contribution in [2.45, 2.75) is 46.1 Å². The van der Waals surface area contributed by atoms with Gasteiger partial charge >= 0.3 is 0 Å². The average Bonchev–Trinajstić information content (AvgIpc) is 3.00. The van der Waals surface area contributed by atoms with Crippen molar-refractivity contribution in [3.05, 3.63) is 51.5 Å². The van der Waals surface area contributed by atoms with Crippen molar-refractivity contribution in [1.82, 2.24) is 15.6 Å². The van der Waals surface area contributed by atoms with E-state index in [0.717, 1.165) is 23.9 Å². The summed E-state index contributed by atoms with van der Waals surface area (Å²) in [5, 5.41) is 7.83. The second kappa shape index (κ2) is 10.1. The third kappa shape index (κ3) is 6.58. The number of aromatic nitrogens is 1. The molecule has 0 saturated heterocycles. The van der Waals surface area contributed by atoms with E-state index >= 15 is 0 Å². The van der Waals surface area contributed by atoms with Crippen LogP contribution in [0.3, 0.4) is 0 Å². The van der Waals surface area contributed by atoms with Gasteiger partial charge in [-0.2, -0.15) is 0 Å². The molecule has 4 nitrogen and oxygen atoms in total. The standard InChI is InChI=1S/C19H28N4S.HI/c1-6-15-7-9-16(10-8-15)19(3,4)13-23-18(20-5)22-12-17-21-11-14(2)24-17;/h7-11H,6,12-13H2,1-5H3,(H2,20,22,23);1H. The molecule has 0 saturated carbocycles. The molecule has 1 heterocycles. The smallest absolute Gasteiger partial charge is 0.191 e. The number of nitrogens with one attached hydrogen (secondary N) is 2. The summed E-state index contributed by atoms with van der Waals surface area (Å²) in [5.41, 5.74) is 2.73. The first-order valence-electron chi connectivity index (χ1n) is 8.40. The van der Waals surface area contributed by atoms with Crippen LogP contribution in [0.25, 0.3) is 0 Å². The molecule has 138 valence electrons. The van der Waals surface area contributed by atoms with E-state index in [2.05, 4.69) is 72.6 Å². The molecule has 0 unspecified atom stereocenters. The number of nitrogens with zero attached hydrogens (tertiary/aromatic N) is 2. The van der Waals surface area contributed by atoms with E-state index in [4.69, 9.17) is 0 Å². The highest BCUT2D eigenvalue weighted by Crippen LogP contribution is 2.22. The van der Waals surface area contributed by atoms with Gasteiger partial charge in [0, 0.05) is 30.1 Å². The van der Waals surface area contributed by atoms with Gasteiger partial charge in [0.15, 0.2) is 5.96 Å². The fourth-order valence-corrected chi connectivity index (χ4v) is 3.19. The van der Waals surface area contributed by atoms with Gasteiger partial charge in [-0.25, -0.2) is 4.98 Å². The third-order valence-electron chi connectivity index (χ3n) is 4.14. The van der Waals surface area contributed by atoms with E-state index in [-0.39, 0.29) is 29.4 Å². The Morgan fingerprint density at radius 1 is 1.20 bits per heavy atom. The first kappa shape index (κ1) is 21.9. The van der Waals surface area contributed by atoms with Crippen molar-refractivity contribution in [3.63, 3.8) is 0 Å². The topological polar surface area (TPSA) is 49.3 Å². The zero-order chi connectivity index (χ0) is 17.6. The highest BCUT2D eigenvalue weighted by molar-refractivity contribution is 14.0. The molecule has 0 radical (unpaired) electrons. The number of guanidine groups is 1. The van der Waals surface area contributed by atoms with Crippen molar-refractivity contribution in [3.8, 4) is 0 Å². The Hall–Kier alpha value is -1.15. The van der Waals surface area contributed by atoms with E-state index in [9.17, 15) is 0 Å². The van der Waals surface area contributed by atoms with Crippen molar-refractivity contribution < 1.29 is 0 Å². The van der Waals surface area contributed by atoms with Crippen molar-refractivity contribution in [1.29, 1.82) is 0 Å². The molecule has 0 aliphatic rings. The van der Waals surface area contributed by atoms with E-state index in [0.29, 0.717) is 6.54 Å². The summed E-state index contributed by atoms with van der Waals surface area (Å²) in [6.07, 6.45) is 2.98. The normalized spacial score (nSPS) is 11.8. The van der Waals surface area contributed by atoms with Crippen LogP contribution in [0.5, 0.6) is 0 Å². The van der Waals surface area contributed by atoms with Gasteiger partial charge in [-0.1, -0.05) is 45.0 Å². The van der Waals surface area contributed by atoms with Gasteiger partial charge in [0.25, 0.3) is 0 Å². The Labute approximate surface area is 172 Å². The van der Waals surface area contributed by atoms with E-state index < -0.39 is 0 Å². The lowest BCUT2D eigenvalue weighted by molar-refractivity contribution is 0.508. The molecular formula is C19H29IN4S. The van der Waals surface area contributed by atoms with Crippen LogP contribution < -0.4 is 10.6 Å². The summed E-state index contributed by atoms with van der Waals surface area (Å²) in [7, 11) is 1.80. The zero-order valence-corrected chi connectivity index (χ0v) is 18.9. The molecule has 2 aromatic rings. The summed E-state index contributed by atoms with van der Waals surface area (Å²) >= 11 is 1.71. The molecular weight excluding hydrogens is 443 g/mol. The lowest BCUT2D eigenvalue weighted by Crippen LogP contribution is -2.43. The van der Waals surface area contributed by atoms with Gasteiger partial charge in [0.05, 0.1) is 6.54 Å². The number of thiazole rings is 1. The fourth-order valence-electron chi connectivity index (χ4n) is 2.46. The fraction of sp³-hybridized carbons (Fsp3) is 0.474. The number of aryl methyl sites for hydroxylation is 2. The molecule has 0 spiro atoms. The molecule has 0 aliphatic heterocycles. The molecule has 2 rings (SSSR count). The summed E-state index contributed by atoms with van der Waals surface area (Å²) in [5.74, 6) is 0.807. The van der Waals surface area contributed by atoms with Crippen LogP contribution >= 0.6 is 35.3 Å². The molecule has 1 aromatic heterocycles. The van der Waals surface area contributed by atoms with Gasteiger partial charge < -0.3 is 10.6 Å². The molecule has 6 heteroatoms. The summed E-state index contributed by atoms with van der Waals surface area (Å²) in [6, 6.07) is 8.90. The molecule has 0 aliphatic carbocycles. The van der Waals surface area contributed by atoms with Crippen LogP contribution in [0.2, 0.25) is 0 Å². The molecule has 25 heavy (non-hydrogen) atoms. The summed E-state index contributed by atoms with van der Waals surface area (Å²) in [6.45, 7) is 10.3. The van der Waals surface area contributed by atoms with Crippen LogP contribution in [-0.4, -0.2) is 24.5 Å². The number of hydrogen-bond acceptors (Lipinski definition) is 3. The Morgan fingerprint density at radius 2 is 1.88 bits per heavy atom. The summed E-state index contributed by atoms with van der Waals surface area (Å²) in [4.78, 5) is 9.90. The average molecular weight is 472 g/mol. The van der Waals surface area contributed by atoms with E-state index in [1.807, 2.05) is 6.20 Å². The monoisotopic (exact) mass is 472 g/mol. The Kier molecular flexibility index (Phi) is 8.85. The van der Waals surface area contributed by atoms with Crippen LogP contribution in [0, 0.1) is 6.92 Å². The number of hydrogen-bond donors (Lipinski definition) is 2. The maximum atomic E-state index is 4.37. The van der Waals surface area contributed by atoms with Gasteiger partial charge in [0.2, 0.25) is 0 Å². The molecule has 2 N–H and O–H groups in total. The SMILES string of the molecule is CCc1ccc(C(C)(C)CNC(=NC)NCc2ncc(C)s2)cc1.I. The van der Waals surface area contributed by atoms with E-state index in [1.165, 1.54) is 16.0 Å². The molecule has 0 fully saturated rings. The number of aliphatic imine (C=N–C) groups is 1. The van der Waals surface area contributed by atoms with Crippen molar-refractivity contribution in [2.75, 3.05) is 13.6 Å². The number of halogens is 1. The highest BCUT2D eigenvalue weighted by atomic mass is 127. The number of rotatable bonds is 6. The minimum atomic E-state index is 0. The van der Waals surface area contributed by atoms with Crippen LogP contribution in [-0.2, 0) is 18.4 Å². The first-order valence-corrected chi connectivity index (χ1v) is 9.21. The minimum absolute atomic E-state index is 0. The van der Waals surface area contributed by atoms with Crippen LogP contribution in [0.4, 0.5) is 0 Å². The Balaban J connectivity index is 0.00000312. The second-order valence-corrected chi connectivity index (χ2v) is 7.90. The highest BCUT2D eigenvalue weighted by Gasteiger charge is 2.20. The first-order chi connectivity index (χ1) is 11.4. The lowest BCUT2D eigenvalue weighted by atomic mass is 9.84. The zero-order valence-electron chi connectivity index (χ0n) is 15.7. The number of benzene rings is 1. The van der Waals surface area contributed by atoms with Gasteiger partial charge in [-0.05, 0) is 24.5 Å². The maximum Gasteiger partial charge on any atom is 0.191 e. The quantitative estimate of drug-likeness (QED) is 0.375. The van der Waals surface area contributed by atoms with Crippen LogP contribution in [0.1, 0.15) is 41.8 Å². The largest absolute Gasteiger partial charge is 0.356 e. The predicted octanol–water partition coefficient (Wildman–Crippen LogP) is 4.27. The second-order valence-electron chi connectivity index (χ2n) is 6.58. The summed E-state index contributed by atoms with van der Waals surface area (Å²) < 4.78 is 0. The van der Waals surface area contributed by atoms with Gasteiger partial charge in [-0.15, -0.1) is 35.3 Å².